The van der Waals surface area contributed by atoms with Crippen LogP contribution in [0.5, 0.6) is 0 Å². The maximum Gasteiger partial charge on any atom is 0.150 e. The maximum atomic E-state index is 13.3. The summed E-state index contributed by atoms with van der Waals surface area (Å²) in [4.78, 5) is 10.5. The first-order valence-electron chi connectivity index (χ1n) is 4.71. The Bertz CT molecular complexity index is 520. The number of halogens is 2. The van der Waals surface area contributed by atoms with Crippen LogP contribution < -0.4 is 0 Å². The van der Waals surface area contributed by atoms with Crippen LogP contribution in [0.1, 0.15) is 10.4 Å². The van der Waals surface area contributed by atoms with Gasteiger partial charge in [-0.2, -0.15) is 0 Å². The summed E-state index contributed by atoms with van der Waals surface area (Å²) in [6.45, 7) is 0. The molecule has 0 aliphatic heterocycles. The van der Waals surface area contributed by atoms with Crippen LogP contribution in [0.15, 0.2) is 46.9 Å². The molecule has 2 aromatic carbocycles. The highest BCUT2D eigenvalue weighted by atomic mass is 79.9. The van der Waals surface area contributed by atoms with Gasteiger partial charge >= 0.3 is 0 Å². The molecule has 0 saturated heterocycles. The molecular weight excluding hydrogens is 271 g/mol. The summed E-state index contributed by atoms with van der Waals surface area (Å²) in [7, 11) is 0. The second kappa shape index (κ2) is 4.58. The maximum absolute atomic E-state index is 13.3. The van der Waals surface area contributed by atoms with E-state index in [1.807, 2.05) is 6.07 Å². The molecule has 0 saturated carbocycles. The first-order valence-corrected chi connectivity index (χ1v) is 5.50. The Morgan fingerprint density at radius 1 is 1.00 bits per heavy atom. The minimum absolute atomic E-state index is 0.294. The predicted molar refractivity (Wildman–Crippen MR) is 64.9 cm³/mol. The van der Waals surface area contributed by atoms with E-state index in [9.17, 15) is 9.18 Å². The van der Waals surface area contributed by atoms with Gasteiger partial charge in [-0.1, -0.05) is 30.3 Å². The van der Waals surface area contributed by atoms with E-state index in [4.69, 9.17) is 0 Å². The van der Waals surface area contributed by atoms with Crippen molar-refractivity contribution in [1.29, 1.82) is 0 Å². The number of hydrogen-bond donors (Lipinski definition) is 0. The normalized spacial score (nSPS) is 10.1. The molecule has 0 fully saturated rings. The molecule has 0 radical (unpaired) electrons. The molecule has 0 aromatic heterocycles. The summed E-state index contributed by atoms with van der Waals surface area (Å²) in [6.07, 6.45) is 0.784. The van der Waals surface area contributed by atoms with Gasteiger partial charge in [0.25, 0.3) is 0 Å². The number of carbonyl (C=O) groups is 1. The topological polar surface area (TPSA) is 17.1 Å². The molecule has 0 heterocycles. The lowest BCUT2D eigenvalue weighted by Gasteiger charge is -2.03. The molecule has 0 N–H and O–H groups in total. The SMILES string of the molecule is O=Cc1ccc(-c2ccc(Br)c(F)c2)cc1. The van der Waals surface area contributed by atoms with E-state index in [2.05, 4.69) is 15.9 Å². The van der Waals surface area contributed by atoms with Crippen LogP contribution >= 0.6 is 15.9 Å². The Kier molecular flexibility index (Phi) is 3.15. The van der Waals surface area contributed by atoms with Crippen molar-refractivity contribution in [3.63, 3.8) is 0 Å². The molecule has 80 valence electrons. The molecule has 0 aliphatic rings. The Morgan fingerprint density at radius 2 is 1.62 bits per heavy atom. The van der Waals surface area contributed by atoms with E-state index in [-0.39, 0.29) is 5.82 Å². The fourth-order valence-corrected chi connectivity index (χ4v) is 1.68. The molecule has 3 heteroatoms. The van der Waals surface area contributed by atoms with E-state index in [1.165, 1.54) is 6.07 Å². The van der Waals surface area contributed by atoms with Crippen molar-refractivity contribution >= 4 is 22.2 Å². The summed E-state index contributed by atoms with van der Waals surface area (Å²) in [6, 6.07) is 12.0. The predicted octanol–water partition coefficient (Wildman–Crippen LogP) is 4.07. The van der Waals surface area contributed by atoms with Gasteiger partial charge in [-0.05, 0) is 39.2 Å². The van der Waals surface area contributed by atoms with Crippen molar-refractivity contribution in [2.45, 2.75) is 0 Å². The minimum atomic E-state index is -0.294. The van der Waals surface area contributed by atoms with E-state index < -0.39 is 0 Å². The van der Waals surface area contributed by atoms with E-state index >= 15 is 0 Å². The number of aldehydes is 1. The second-order valence-corrected chi connectivity index (χ2v) is 4.22. The molecular formula is C13H8BrFO. The highest BCUT2D eigenvalue weighted by molar-refractivity contribution is 9.10. The fraction of sp³-hybridized carbons (Fsp3) is 0. The summed E-state index contributed by atoms with van der Waals surface area (Å²) in [5.74, 6) is -0.294. The molecule has 0 bridgehead atoms. The molecule has 0 atom stereocenters. The zero-order valence-electron chi connectivity index (χ0n) is 8.28. The third-order valence-corrected chi connectivity index (χ3v) is 2.94. The van der Waals surface area contributed by atoms with Crippen molar-refractivity contribution in [3.05, 3.63) is 58.3 Å². The third kappa shape index (κ3) is 2.19. The first kappa shape index (κ1) is 11.0. The lowest BCUT2D eigenvalue weighted by molar-refractivity contribution is 0.112. The number of rotatable bonds is 2. The summed E-state index contributed by atoms with van der Waals surface area (Å²) in [5, 5.41) is 0. The van der Waals surface area contributed by atoms with Crippen LogP contribution in [-0.4, -0.2) is 6.29 Å². The van der Waals surface area contributed by atoms with Gasteiger partial charge in [0.1, 0.15) is 12.1 Å². The highest BCUT2D eigenvalue weighted by Crippen LogP contribution is 2.24. The minimum Gasteiger partial charge on any atom is -0.298 e. The van der Waals surface area contributed by atoms with E-state index in [1.54, 1.807) is 30.3 Å². The van der Waals surface area contributed by atoms with Crippen molar-refractivity contribution < 1.29 is 9.18 Å². The van der Waals surface area contributed by atoms with Crippen molar-refractivity contribution in [2.24, 2.45) is 0 Å². The molecule has 0 spiro atoms. The van der Waals surface area contributed by atoms with E-state index in [0.717, 1.165) is 17.4 Å². The Morgan fingerprint density at radius 3 is 2.19 bits per heavy atom. The molecule has 0 aliphatic carbocycles. The van der Waals surface area contributed by atoms with Crippen LogP contribution in [0, 0.1) is 5.82 Å². The molecule has 0 amide bonds. The van der Waals surface area contributed by atoms with Crippen molar-refractivity contribution in [3.8, 4) is 11.1 Å². The van der Waals surface area contributed by atoms with Crippen LogP contribution in [0.3, 0.4) is 0 Å². The zero-order valence-corrected chi connectivity index (χ0v) is 9.87. The summed E-state index contributed by atoms with van der Waals surface area (Å²) < 4.78 is 13.8. The standard InChI is InChI=1S/C13H8BrFO/c14-12-6-5-11(7-13(12)15)10-3-1-9(8-16)2-4-10/h1-8H. The second-order valence-electron chi connectivity index (χ2n) is 3.37. The van der Waals surface area contributed by atoms with Gasteiger partial charge in [0, 0.05) is 5.56 Å². The Hall–Kier alpha value is -1.48. The highest BCUT2D eigenvalue weighted by Gasteiger charge is 2.02. The molecule has 2 rings (SSSR count). The van der Waals surface area contributed by atoms with Gasteiger partial charge in [-0.25, -0.2) is 4.39 Å². The van der Waals surface area contributed by atoms with Crippen LogP contribution in [0.2, 0.25) is 0 Å². The number of benzene rings is 2. The van der Waals surface area contributed by atoms with Gasteiger partial charge in [-0.15, -0.1) is 0 Å². The molecule has 2 aromatic rings. The number of hydrogen-bond acceptors (Lipinski definition) is 1. The van der Waals surface area contributed by atoms with Gasteiger partial charge in [0.15, 0.2) is 0 Å². The van der Waals surface area contributed by atoms with Gasteiger partial charge < -0.3 is 0 Å². The zero-order chi connectivity index (χ0) is 11.5. The lowest BCUT2D eigenvalue weighted by atomic mass is 10.0. The van der Waals surface area contributed by atoms with Gasteiger partial charge in [0.05, 0.1) is 4.47 Å². The van der Waals surface area contributed by atoms with Crippen molar-refractivity contribution in [2.75, 3.05) is 0 Å². The quantitative estimate of drug-likeness (QED) is 0.757. The smallest absolute Gasteiger partial charge is 0.150 e. The molecule has 16 heavy (non-hydrogen) atoms. The van der Waals surface area contributed by atoms with Gasteiger partial charge in [-0.3, -0.25) is 4.79 Å². The molecule has 1 nitrogen and oxygen atoms in total. The summed E-state index contributed by atoms with van der Waals surface area (Å²) in [5.41, 5.74) is 2.29. The van der Waals surface area contributed by atoms with E-state index in [0.29, 0.717) is 10.0 Å². The Labute approximate surface area is 101 Å². The van der Waals surface area contributed by atoms with Crippen LogP contribution in [-0.2, 0) is 0 Å². The largest absolute Gasteiger partial charge is 0.298 e. The average molecular weight is 279 g/mol. The van der Waals surface area contributed by atoms with Gasteiger partial charge in [0.2, 0.25) is 0 Å². The van der Waals surface area contributed by atoms with Crippen LogP contribution in [0.25, 0.3) is 11.1 Å². The fourth-order valence-electron chi connectivity index (χ4n) is 1.43. The lowest BCUT2D eigenvalue weighted by Crippen LogP contribution is -1.83. The Balaban J connectivity index is 2.42. The molecule has 0 unspecified atom stereocenters. The summed E-state index contributed by atoms with van der Waals surface area (Å²) >= 11 is 3.10. The average Bonchev–Trinajstić information content (AvgIpc) is 2.33. The van der Waals surface area contributed by atoms with Crippen LogP contribution in [0.4, 0.5) is 4.39 Å². The monoisotopic (exact) mass is 278 g/mol. The first-order chi connectivity index (χ1) is 7.70. The van der Waals surface area contributed by atoms with Crippen molar-refractivity contribution in [1.82, 2.24) is 0 Å². The number of carbonyl (C=O) groups excluding carboxylic acids is 1. The third-order valence-electron chi connectivity index (χ3n) is 2.30.